The molecule has 0 aliphatic rings. The molecule has 0 aliphatic carbocycles. The predicted molar refractivity (Wildman–Crippen MR) is 122 cm³/mol. The molecule has 31 heavy (non-hydrogen) atoms. The molecule has 0 radical (unpaired) electrons. The highest BCUT2D eigenvalue weighted by molar-refractivity contribution is 6.17. The lowest BCUT2D eigenvalue weighted by Gasteiger charge is -2.07. The highest BCUT2D eigenvalue weighted by Gasteiger charge is 2.21. The number of unbranched alkanes of at least 4 members (excludes halogenated alkanes) is 1. The fraction of sp³-hybridized carbons (Fsp3) is 0.185. The van der Waals surface area contributed by atoms with Gasteiger partial charge in [0.2, 0.25) is 0 Å². The molecule has 0 fully saturated rings. The number of nitrogens with one attached hydrogen (secondary N) is 1. The van der Waals surface area contributed by atoms with Crippen LogP contribution in [-0.4, -0.2) is 11.7 Å². The van der Waals surface area contributed by atoms with Gasteiger partial charge in [0.25, 0.3) is 5.91 Å². The summed E-state index contributed by atoms with van der Waals surface area (Å²) in [4.78, 5) is 25.8. The van der Waals surface area contributed by atoms with Crippen molar-refractivity contribution >= 4 is 22.7 Å². The Balaban J connectivity index is 1.54. The van der Waals surface area contributed by atoms with Crippen molar-refractivity contribution in [1.29, 1.82) is 0 Å². The molecule has 1 aromatic heterocycles. The number of para-hydroxylation sites is 1. The number of fused-ring (bicyclic) bond motifs is 1. The Bertz CT molecular complexity index is 1190. The van der Waals surface area contributed by atoms with Crippen LogP contribution in [0.3, 0.4) is 0 Å². The summed E-state index contributed by atoms with van der Waals surface area (Å²) < 4.78 is 5.99. The first-order chi connectivity index (χ1) is 15.2. The van der Waals surface area contributed by atoms with Crippen molar-refractivity contribution in [3.8, 4) is 0 Å². The van der Waals surface area contributed by atoms with Gasteiger partial charge in [-0.3, -0.25) is 9.59 Å². The number of furan rings is 1. The number of aryl methyl sites for hydroxylation is 1. The molecule has 0 unspecified atom stereocenters. The van der Waals surface area contributed by atoms with Gasteiger partial charge in [0, 0.05) is 29.5 Å². The van der Waals surface area contributed by atoms with Gasteiger partial charge in [-0.2, -0.15) is 0 Å². The summed E-state index contributed by atoms with van der Waals surface area (Å²) >= 11 is 0. The van der Waals surface area contributed by atoms with E-state index in [-0.39, 0.29) is 11.7 Å². The molecule has 0 atom stereocenters. The molecule has 4 rings (SSSR count). The minimum absolute atomic E-state index is 0.0766. The highest BCUT2D eigenvalue weighted by Crippen LogP contribution is 2.29. The first-order valence-electron chi connectivity index (χ1n) is 10.6. The lowest BCUT2D eigenvalue weighted by atomic mass is 9.97. The van der Waals surface area contributed by atoms with E-state index in [0.717, 1.165) is 41.6 Å². The molecule has 0 saturated heterocycles. The standard InChI is InChI=1S/C27H25NO3/c1-2-3-12-24-25(22-11-7-8-13-23(22)31-24)26(29)20-14-16-21(17-15-20)27(30)28-18-19-9-5-4-6-10-19/h4-11,13-17H,2-3,12,18H2,1H3,(H,28,30). The fourth-order valence-corrected chi connectivity index (χ4v) is 3.66. The van der Waals surface area contributed by atoms with Gasteiger partial charge in [-0.15, -0.1) is 0 Å². The Kier molecular flexibility index (Phi) is 6.27. The molecule has 1 amide bonds. The van der Waals surface area contributed by atoms with Crippen LogP contribution in [0.2, 0.25) is 0 Å². The molecule has 4 aromatic rings. The molecule has 156 valence electrons. The third kappa shape index (κ3) is 4.58. The molecule has 4 heteroatoms. The van der Waals surface area contributed by atoms with Crippen molar-refractivity contribution in [3.05, 3.63) is 107 Å². The second-order valence-corrected chi connectivity index (χ2v) is 7.57. The quantitative estimate of drug-likeness (QED) is 0.365. The van der Waals surface area contributed by atoms with E-state index in [1.807, 2.05) is 54.6 Å². The van der Waals surface area contributed by atoms with Crippen molar-refractivity contribution in [2.45, 2.75) is 32.7 Å². The Labute approximate surface area is 181 Å². The number of hydrogen-bond acceptors (Lipinski definition) is 3. The number of amides is 1. The number of benzene rings is 3. The van der Waals surface area contributed by atoms with Gasteiger partial charge in [-0.05, 0) is 30.2 Å². The third-order valence-electron chi connectivity index (χ3n) is 5.36. The lowest BCUT2D eigenvalue weighted by molar-refractivity contribution is 0.0949. The van der Waals surface area contributed by atoms with Crippen LogP contribution in [0.15, 0.2) is 83.3 Å². The average Bonchev–Trinajstić information content (AvgIpc) is 3.19. The van der Waals surface area contributed by atoms with E-state index in [4.69, 9.17) is 4.42 Å². The molecule has 1 heterocycles. The maximum Gasteiger partial charge on any atom is 0.251 e. The Morgan fingerprint density at radius 3 is 2.26 bits per heavy atom. The van der Waals surface area contributed by atoms with Gasteiger partial charge in [-0.1, -0.05) is 74.0 Å². The zero-order valence-electron chi connectivity index (χ0n) is 17.6. The number of ketones is 1. The summed E-state index contributed by atoms with van der Waals surface area (Å²) in [5.74, 6) is 0.491. The van der Waals surface area contributed by atoms with Gasteiger partial charge in [-0.25, -0.2) is 0 Å². The smallest absolute Gasteiger partial charge is 0.251 e. The van der Waals surface area contributed by atoms with E-state index in [9.17, 15) is 9.59 Å². The van der Waals surface area contributed by atoms with Gasteiger partial charge in [0.1, 0.15) is 11.3 Å². The van der Waals surface area contributed by atoms with Crippen molar-refractivity contribution in [2.24, 2.45) is 0 Å². The van der Waals surface area contributed by atoms with E-state index in [1.165, 1.54) is 0 Å². The van der Waals surface area contributed by atoms with E-state index in [2.05, 4.69) is 12.2 Å². The van der Waals surface area contributed by atoms with Crippen LogP contribution in [-0.2, 0) is 13.0 Å². The Morgan fingerprint density at radius 1 is 0.839 bits per heavy atom. The minimum atomic E-state index is -0.166. The van der Waals surface area contributed by atoms with Crippen LogP contribution < -0.4 is 5.32 Å². The maximum atomic E-state index is 13.3. The van der Waals surface area contributed by atoms with E-state index < -0.39 is 0 Å². The van der Waals surface area contributed by atoms with Crippen LogP contribution in [0.1, 0.15) is 57.4 Å². The van der Waals surface area contributed by atoms with Crippen LogP contribution in [0, 0.1) is 0 Å². The zero-order valence-corrected chi connectivity index (χ0v) is 17.6. The van der Waals surface area contributed by atoms with E-state index >= 15 is 0 Å². The number of rotatable bonds is 8. The first kappa shape index (κ1) is 20.6. The summed E-state index contributed by atoms with van der Waals surface area (Å²) in [6.45, 7) is 2.58. The lowest BCUT2D eigenvalue weighted by Crippen LogP contribution is -2.22. The molecule has 0 saturated carbocycles. The molecule has 3 aromatic carbocycles. The second kappa shape index (κ2) is 9.43. The largest absolute Gasteiger partial charge is 0.460 e. The highest BCUT2D eigenvalue weighted by atomic mass is 16.3. The van der Waals surface area contributed by atoms with Crippen molar-refractivity contribution in [3.63, 3.8) is 0 Å². The SMILES string of the molecule is CCCCc1oc2ccccc2c1C(=O)c1ccc(C(=O)NCc2ccccc2)cc1. The monoisotopic (exact) mass is 411 g/mol. The Morgan fingerprint density at radius 2 is 1.52 bits per heavy atom. The second-order valence-electron chi connectivity index (χ2n) is 7.57. The third-order valence-corrected chi connectivity index (χ3v) is 5.36. The molecule has 0 aliphatic heterocycles. The minimum Gasteiger partial charge on any atom is -0.460 e. The molecule has 1 N–H and O–H groups in total. The molecule has 0 spiro atoms. The molecule has 4 nitrogen and oxygen atoms in total. The van der Waals surface area contributed by atoms with Gasteiger partial charge < -0.3 is 9.73 Å². The van der Waals surface area contributed by atoms with Crippen LogP contribution in [0.5, 0.6) is 0 Å². The predicted octanol–water partition coefficient (Wildman–Crippen LogP) is 5.94. The van der Waals surface area contributed by atoms with Gasteiger partial charge >= 0.3 is 0 Å². The summed E-state index contributed by atoms with van der Waals surface area (Å²) in [5.41, 5.74) is 3.47. The topological polar surface area (TPSA) is 59.3 Å². The normalized spacial score (nSPS) is 10.9. The van der Waals surface area contributed by atoms with Crippen molar-refractivity contribution < 1.29 is 14.0 Å². The molecular weight excluding hydrogens is 386 g/mol. The van der Waals surface area contributed by atoms with Crippen LogP contribution in [0.25, 0.3) is 11.0 Å². The van der Waals surface area contributed by atoms with E-state index in [0.29, 0.717) is 23.2 Å². The van der Waals surface area contributed by atoms with Gasteiger partial charge in [0.05, 0.1) is 5.56 Å². The zero-order chi connectivity index (χ0) is 21.6. The summed E-state index contributed by atoms with van der Waals surface area (Å²) in [5, 5.41) is 3.75. The first-order valence-corrected chi connectivity index (χ1v) is 10.6. The fourth-order valence-electron chi connectivity index (χ4n) is 3.66. The number of carbonyl (C=O) groups is 2. The summed E-state index contributed by atoms with van der Waals surface area (Å²) in [6.07, 6.45) is 2.71. The summed E-state index contributed by atoms with van der Waals surface area (Å²) in [7, 11) is 0. The number of carbonyl (C=O) groups excluding carboxylic acids is 2. The summed E-state index contributed by atoms with van der Waals surface area (Å²) in [6, 6.07) is 24.2. The number of hydrogen-bond donors (Lipinski definition) is 1. The van der Waals surface area contributed by atoms with Crippen LogP contribution >= 0.6 is 0 Å². The Hall–Kier alpha value is -3.66. The molecular formula is C27H25NO3. The van der Waals surface area contributed by atoms with Crippen molar-refractivity contribution in [2.75, 3.05) is 0 Å². The van der Waals surface area contributed by atoms with Crippen LogP contribution in [0.4, 0.5) is 0 Å². The van der Waals surface area contributed by atoms with E-state index in [1.54, 1.807) is 24.3 Å². The maximum absolute atomic E-state index is 13.3. The molecule has 0 bridgehead atoms. The van der Waals surface area contributed by atoms with Gasteiger partial charge in [0.15, 0.2) is 5.78 Å². The van der Waals surface area contributed by atoms with Crippen molar-refractivity contribution in [1.82, 2.24) is 5.32 Å². The average molecular weight is 412 g/mol.